The lowest BCUT2D eigenvalue weighted by molar-refractivity contribution is 0.478. The fraction of sp³-hybridized carbons (Fsp3) is 0.438. The second-order valence-electron chi connectivity index (χ2n) is 5.01. The normalized spacial score (nSPS) is 12.6. The van der Waals surface area contributed by atoms with Gasteiger partial charge in [0, 0.05) is 18.9 Å². The number of rotatable bonds is 7. The molecule has 21 heavy (non-hydrogen) atoms. The van der Waals surface area contributed by atoms with Gasteiger partial charge in [0.25, 0.3) is 0 Å². The van der Waals surface area contributed by atoms with Gasteiger partial charge in [-0.05, 0) is 31.0 Å². The van der Waals surface area contributed by atoms with Gasteiger partial charge in [-0.1, -0.05) is 37.6 Å². The zero-order chi connectivity index (χ0) is 15.2. The zero-order valence-electron chi connectivity index (χ0n) is 12.4. The van der Waals surface area contributed by atoms with E-state index in [0.717, 1.165) is 25.3 Å². The second kappa shape index (κ2) is 7.57. The summed E-state index contributed by atoms with van der Waals surface area (Å²) in [6, 6.07) is 5.10. The average Bonchev–Trinajstić information content (AvgIpc) is 2.92. The molecule has 0 aliphatic carbocycles. The molecule has 1 unspecified atom stereocenters. The summed E-state index contributed by atoms with van der Waals surface area (Å²) in [5.41, 5.74) is 0.611. The maximum absolute atomic E-state index is 14.1. The van der Waals surface area contributed by atoms with Gasteiger partial charge in [0.15, 0.2) is 0 Å². The molecule has 0 aliphatic rings. The molecular formula is C16H21ClFN3. The Morgan fingerprint density at radius 3 is 2.90 bits per heavy atom. The first-order chi connectivity index (χ1) is 10.2. The van der Waals surface area contributed by atoms with E-state index in [2.05, 4.69) is 21.8 Å². The highest BCUT2D eigenvalue weighted by atomic mass is 35.5. The van der Waals surface area contributed by atoms with Crippen molar-refractivity contribution < 1.29 is 4.39 Å². The molecule has 0 aliphatic heterocycles. The molecule has 0 spiro atoms. The van der Waals surface area contributed by atoms with E-state index < -0.39 is 0 Å². The van der Waals surface area contributed by atoms with Gasteiger partial charge in [0.1, 0.15) is 11.6 Å². The van der Waals surface area contributed by atoms with Crippen LogP contribution in [0.4, 0.5) is 4.39 Å². The molecule has 0 fully saturated rings. The third-order valence-corrected chi connectivity index (χ3v) is 3.72. The van der Waals surface area contributed by atoms with Gasteiger partial charge in [0.2, 0.25) is 0 Å². The Labute approximate surface area is 130 Å². The molecule has 114 valence electrons. The molecule has 1 aromatic carbocycles. The smallest absolute Gasteiger partial charge is 0.145 e. The minimum Gasteiger partial charge on any atom is -0.334 e. The highest BCUT2D eigenvalue weighted by Crippen LogP contribution is 2.23. The van der Waals surface area contributed by atoms with Crippen LogP contribution in [0.2, 0.25) is 5.02 Å². The van der Waals surface area contributed by atoms with Crippen molar-refractivity contribution in [2.45, 2.75) is 39.3 Å². The minimum atomic E-state index is -0.337. The number of aromatic nitrogens is 2. The molecule has 1 N–H and O–H groups in total. The zero-order valence-corrected chi connectivity index (χ0v) is 13.2. The lowest BCUT2D eigenvalue weighted by Gasteiger charge is -2.19. The highest BCUT2D eigenvalue weighted by molar-refractivity contribution is 6.30. The van der Waals surface area contributed by atoms with E-state index >= 15 is 0 Å². The van der Waals surface area contributed by atoms with E-state index in [9.17, 15) is 4.39 Å². The van der Waals surface area contributed by atoms with Crippen LogP contribution >= 0.6 is 11.6 Å². The molecule has 3 nitrogen and oxygen atoms in total. The van der Waals surface area contributed by atoms with Crippen LogP contribution in [0.15, 0.2) is 30.6 Å². The Balaban J connectivity index is 2.26. The van der Waals surface area contributed by atoms with Crippen molar-refractivity contribution in [1.29, 1.82) is 0 Å². The summed E-state index contributed by atoms with van der Waals surface area (Å²) in [5, 5.41) is 3.55. The van der Waals surface area contributed by atoms with Crippen molar-refractivity contribution in [3.8, 4) is 0 Å². The number of nitrogens with zero attached hydrogens (tertiary/aromatic N) is 2. The van der Waals surface area contributed by atoms with Crippen LogP contribution in [0.3, 0.4) is 0 Å². The largest absolute Gasteiger partial charge is 0.334 e. The number of imidazole rings is 1. The summed E-state index contributed by atoms with van der Waals surface area (Å²) >= 11 is 5.86. The molecule has 0 amide bonds. The third kappa shape index (κ3) is 3.83. The standard InChI is InChI=1S/C16H21ClFN3/c1-3-9-21-10-8-20-16(21)14(19-4-2)11-12-6-5-7-13(17)15(12)18/h5-8,10,14,19H,3-4,9,11H2,1-2H3. The van der Waals surface area contributed by atoms with E-state index in [1.807, 2.05) is 13.1 Å². The molecule has 1 atom stereocenters. The maximum atomic E-state index is 14.1. The van der Waals surface area contributed by atoms with Crippen LogP contribution in [-0.2, 0) is 13.0 Å². The molecule has 0 saturated carbocycles. The van der Waals surface area contributed by atoms with Crippen molar-refractivity contribution in [3.63, 3.8) is 0 Å². The van der Waals surface area contributed by atoms with Crippen molar-refractivity contribution in [1.82, 2.24) is 14.9 Å². The van der Waals surface area contributed by atoms with Crippen molar-refractivity contribution in [2.75, 3.05) is 6.54 Å². The molecule has 0 radical (unpaired) electrons. The Kier molecular flexibility index (Phi) is 5.76. The number of halogens is 2. The van der Waals surface area contributed by atoms with Crippen molar-refractivity contribution >= 4 is 11.6 Å². The highest BCUT2D eigenvalue weighted by Gasteiger charge is 2.19. The van der Waals surface area contributed by atoms with E-state index in [-0.39, 0.29) is 16.9 Å². The van der Waals surface area contributed by atoms with Gasteiger partial charge >= 0.3 is 0 Å². The number of likely N-dealkylation sites (N-methyl/N-ethyl adjacent to an activating group) is 1. The molecule has 2 rings (SSSR count). The summed E-state index contributed by atoms with van der Waals surface area (Å²) in [5.74, 6) is 0.605. The van der Waals surface area contributed by atoms with E-state index in [1.165, 1.54) is 0 Å². The van der Waals surface area contributed by atoms with Gasteiger partial charge in [0.05, 0.1) is 11.1 Å². The Hall–Kier alpha value is -1.39. The lowest BCUT2D eigenvalue weighted by atomic mass is 10.0. The van der Waals surface area contributed by atoms with E-state index in [0.29, 0.717) is 12.0 Å². The number of hydrogen-bond donors (Lipinski definition) is 1. The topological polar surface area (TPSA) is 29.9 Å². The molecule has 1 aromatic heterocycles. The predicted octanol–water partition coefficient (Wildman–Crippen LogP) is 3.98. The number of hydrogen-bond acceptors (Lipinski definition) is 2. The maximum Gasteiger partial charge on any atom is 0.145 e. The SMILES string of the molecule is CCCn1ccnc1C(Cc1cccc(Cl)c1F)NCC. The molecular weight excluding hydrogens is 289 g/mol. The third-order valence-electron chi connectivity index (χ3n) is 3.43. The first-order valence-corrected chi connectivity index (χ1v) is 7.72. The van der Waals surface area contributed by atoms with Crippen LogP contribution in [0.5, 0.6) is 0 Å². The van der Waals surface area contributed by atoms with Crippen molar-refractivity contribution in [2.24, 2.45) is 0 Å². The van der Waals surface area contributed by atoms with Crippen LogP contribution in [0.1, 0.15) is 37.7 Å². The fourth-order valence-corrected chi connectivity index (χ4v) is 2.68. The first-order valence-electron chi connectivity index (χ1n) is 7.34. The summed E-state index contributed by atoms with van der Waals surface area (Å²) < 4.78 is 16.2. The van der Waals surface area contributed by atoms with Crippen LogP contribution in [0.25, 0.3) is 0 Å². The van der Waals surface area contributed by atoms with E-state index in [1.54, 1.807) is 24.4 Å². The minimum absolute atomic E-state index is 0.0236. The Morgan fingerprint density at radius 1 is 1.38 bits per heavy atom. The Morgan fingerprint density at radius 2 is 2.19 bits per heavy atom. The van der Waals surface area contributed by atoms with Gasteiger partial charge in [-0.25, -0.2) is 9.37 Å². The molecule has 0 saturated heterocycles. The van der Waals surface area contributed by atoms with Gasteiger partial charge in [-0.3, -0.25) is 0 Å². The molecule has 2 aromatic rings. The summed E-state index contributed by atoms with van der Waals surface area (Å²) in [6.07, 6.45) is 5.33. The second-order valence-corrected chi connectivity index (χ2v) is 5.41. The van der Waals surface area contributed by atoms with Crippen LogP contribution < -0.4 is 5.32 Å². The number of aryl methyl sites for hydroxylation is 1. The monoisotopic (exact) mass is 309 g/mol. The summed E-state index contributed by atoms with van der Waals surface area (Å²) in [6.45, 7) is 5.87. The lowest BCUT2D eigenvalue weighted by Crippen LogP contribution is -2.26. The van der Waals surface area contributed by atoms with Crippen LogP contribution in [-0.4, -0.2) is 16.1 Å². The van der Waals surface area contributed by atoms with E-state index in [4.69, 9.17) is 11.6 Å². The van der Waals surface area contributed by atoms with Crippen molar-refractivity contribution in [3.05, 3.63) is 52.8 Å². The predicted molar refractivity (Wildman–Crippen MR) is 84.0 cm³/mol. The Bertz CT molecular complexity index is 583. The van der Waals surface area contributed by atoms with Gasteiger partial charge in [-0.2, -0.15) is 0 Å². The van der Waals surface area contributed by atoms with Gasteiger partial charge < -0.3 is 9.88 Å². The first kappa shape index (κ1) is 16.0. The van der Waals surface area contributed by atoms with Crippen LogP contribution in [0, 0.1) is 5.82 Å². The van der Waals surface area contributed by atoms with Gasteiger partial charge in [-0.15, -0.1) is 0 Å². The average molecular weight is 310 g/mol. The molecule has 1 heterocycles. The molecule has 5 heteroatoms. The summed E-state index contributed by atoms with van der Waals surface area (Å²) in [4.78, 5) is 4.45. The number of benzene rings is 1. The molecule has 0 bridgehead atoms. The summed E-state index contributed by atoms with van der Waals surface area (Å²) in [7, 11) is 0. The number of nitrogens with one attached hydrogen (secondary N) is 1. The quantitative estimate of drug-likeness (QED) is 0.838. The fourth-order valence-electron chi connectivity index (χ4n) is 2.49.